The number of carbonyl (C=O) groups is 2. The molecule has 0 aliphatic carbocycles. The summed E-state index contributed by atoms with van der Waals surface area (Å²) in [5, 5.41) is 0.575. The molecule has 4 N–H and O–H groups in total. The number of piperidine rings is 1. The molecule has 2 unspecified atom stereocenters. The van der Waals surface area contributed by atoms with Gasteiger partial charge in [0, 0.05) is 12.6 Å². The number of urea groups is 1. The first-order valence-corrected chi connectivity index (χ1v) is 7.99. The van der Waals surface area contributed by atoms with Crippen LogP contribution < -0.4 is 11.2 Å². The van der Waals surface area contributed by atoms with Gasteiger partial charge in [-0.3, -0.25) is 14.2 Å². The predicted molar refractivity (Wildman–Crippen MR) is 71.1 cm³/mol. The molecular formula is C10H18N4O7S. The third-order valence-corrected chi connectivity index (χ3v) is 3.67. The Morgan fingerprint density at radius 2 is 2.23 bits per heavy atom. The summed E-state index contributed by atoms with van der Waals surface area (Å²) in [7, 11) is -4.80. The number of rotatable bonds is 6. The molecule has 2 aliphatic rings. The van der Waals surface area contributed by atoms with Gasteiger partial charge < -0.3 is 10.6 Å². The van der Waals surface area contributed by atoms with Crippen molar-refractivity contribution in [1.82, 2.24) is 15.4 Å². The Kier molecular flexibility index (Phi) is 4.87. The van der Waals surface area contributed by atoms with E-state index >= 15 is 0 Å². The Morgan fingerprint density at radius 1 is 1.55 bits per heavy atom. The summed E-state index contributed by atoms with van der Waals surface area (Å²) in [5.74, 6) is -0.527. The molecule has 0 saturated carbocycles. The number of nitrogens with zero attached hydrogens (tertiary/aromatic N) is 2. The summed E-state index contributed by atoms with van der Waals surface area (Å²) in [4.78, 5) is 30.2. The molecule has 2 bridgehead atoms. The summed E-state index contributed by atoms with van der Waals surface area (Å²) < 4.78 is 34.4. The smallest absolute Gasteiger partial charge is 0.326 e. The highest BCUT2D eigenvalue weighted by Crippen LogP contribution is 2.30. The van der Waals surface area contributed by atoms with E-state index in [1.165, 1.54) is 4.90 Å². The first kappa shape index (κ1) is 16.9. The number of carbonyl (C=O) groups excluding carboxylic acids is 2. The number of hydrogen-bond donors (Lipinski definition) is 3. The van der Waals surface area contributed by atoms with E-state index in [0.717, 1.165) is 0 Å². The van der Waals surface area contributed by atoms with Crippen LogP contribution in [0.1, 0.15) is 19.8 Å². The molecular weight excluding hydrogens is 320 g/mol. The summed E-state index contributed by atoms with van der Waals surface area (Å²) in [6, 6.07) is -2.40. The molecule has 126 valence electrons. The second-order valence-electron chi connectivity index (χ2n) is 5.26. The molecule has 0 aromatic carbocycles. The first-order chi connectivity index (χ1) is 10.2. The number of hydrogen-bond acceptors (Lipinski definition) is 7. The summed E-state index contributed by atoms with van der Waals surface area (Å²) in [6.07, 6.45) is 0.665. The van der Waals surface area contributed by atoms with Crippen molar-refractivity contribution in [3.05, 3.63) is 0 Å². The molecule has 0 spiro atoms. The minimum Gasteiger partial charge on any atom is -0.326 e. The van der Waals surface area contributed by atoms with Crippen LogP contribution in [0.15, 0.2) is 0 Å². The van der Waals surface area contributed by atoms with E-state index in [4.69, 9.17) is 15.1 Å². The van der Waals surface area contributed by atoms with E-state index in [0.29, 0.717) is 17.9 Å². The fraction of sp³-hybridized carbons (Fsp3) is 0.800. The van der Waals surface area contributed by atoms with Crippen LogP contribution in [0.25, 0.3) is 0 Å². The number of amides is 3. The van der Waals surface area contributed by atoms with E-state index in [9.17, 15) is 18.0 Å². The molecule has 2 rings (SSSR count). The maximum Gasteiger partial charge on any atom is 0.418 e. The normalized spacial score (nSPS) is 26.2. The van der Waals surface area contributed by atoms with E-state index in [1.807, 2.05) is 0 Å². The van der Waals surface area contributed by atoms with E-state index < -0.39 is 34.4 Å². The fourth-order valence-corrected chi connectivity index (χ4v) is 2.80. The van der Waals surface area contributed by atoms with Crippen molar-refractivity contribution in [3.63, 3.8) is 0 Å². The largest absolute Gasteiger partial charge is 0.418 e. The van der Waals surface area contributed by atoms with E-state index in [-0.39, 0.29) is 19.2 Å². The van der Waals surface area contributed by atoms with Gasteiger partial charge in [-0.05, 0) is 19.8 Å². The van der Waals surface area contributed by atoms with Crippen molar-refractivity contribution < 1.29 is 31.7 Å². The zero-order chi connectivity index (χ0) is 16.5. The number of nitrogens with two attached hydrogens (primary N) is 1. The van der Waals surface area contributed by atoms with Crippen LogP contribution in [0.4, 0.5) is 4.79 Å². The van der Waals surface area contributed by atoms with Gasteiger partial charge in [-0.2, -0.15) is 13.5 Å². The third-order valence-electron chi connectivity index (χ3n) is 3.32. The molecule has 11 nitrogen and oxygen atoms in total. The summed E-state index contributed by atoms with van der Waals surface area (Å²) >= 11 is 0. The minimum atomic E-state index is -4.80. The van der Waals surface area contributed by atoms with Gasteiger partial charge in [-0.1, -0.05) is 0 Å². The maximum absolute atomic E-state index is 12.1. The highest BCUT2D eigenvalue weighted by molar-refractivity contribution is 7.80. The Bertz CT molecular complexity index is 551. The highest BCUT2D eigenvalue weighted by atomic mass is 32.3. The Morgan fingerprint density at radius 3 is 2.82 bits per heavy atom. The average Bonchev–Trinajstić information content (AvgIpc) is 2.62. The molecule has 22 heavy (non-hydrogen) atoms. The quantitative estimate of drug-likeness (QED) is 0.386. The lowest BCUT2D eigenvalue weighted by Gasteiger charge is -2.28. The van der Waals surface area contributed by atoms with E-state index in [1.54, 1.807) is 6.92 Å². The van der Waals surface area contributed by atoms with Gasteiger partial charge in [0.05, 0.1) is 12.6 Å². The van der Waals surface area contributed by atoms with Crippen LogP contribution in [0.5, 0.6) is 0 Å². The average molecular weight is 338 g/mol. The number of fused-ring (bicyclic) bond motifs is 2. The van der Waals surface area contributed by atoms with Crippen molar-refractivity contribution >= 4 is 22.3 Å². The lowest BCUT2D eigenvalue weighted by Crippen LogP contribution is -2.50. The van der Waals surface area contributed by atoms with Crippen molar-refractivity contribution in [2.45, 2.75) is 37.9 Å². The predicted octanol–water partition coefficient (Wildman–Crippen LogP) is -1.62. The van der Waals surface area contributed by atoms with E-state index in [2.05, 4.69) is 9.76 Å². The van der Waals surface area contributed by atoms with Crippen LogP contribution >= 0.6 is 0 Å². The molecule has 0 aromatic heterocycles. The van der Waals surface area contributed by atoms with Crippen LogP contribution in [-0.4, -0.2) is 66.1 Å². The van der Waals surface area contributed by atoms with Crippen LogP contribution in [-0.2, 0) is 24.3 Å². The lowest BCUT2D eigenvalue weighted by molar-refractivity contribution is -0.139. The van der Waals surface area contributed by atoms with Crippen molar-refractivity contribution in [2.24, 2.45) is 5.73 Å². The van der Waals surface area contributed by atoms with Crippen LogP contribution in [0.3, 0.4) is 0 Å². The monoisotopic (exact) mass is 338 g/mol. The zero-order valence-electron chi connectivity index (χ0n) is 11.8. The molecule has 2 aliphatic heterocycles. The molecule has 2 heterocycles. The standard InChI is InChI=1S/C10H18N4O7S/c1-6(11)5-20-12-9(15)8-3-2-7-4-13(8)10(16)14(7)21-22(17,18)19/h6-8H,2-5,11H2,1H3,(H,12,15)(H,17,18,19)/t6-,7?,8?/m1/s1. The summed E-state index contributed by atoms with van der Waals surface area (Å²) in [6.45, 7) is 1.94. The minimum absolute atomic E-state index is 0.118. The van der Waals surface area contributed by atoms with Gasteiger partial charge in [0.2, 0.25) is 0 Å². The Hall–Kier alpha value is -1.47. The van der Waals surface area contributed by atoms with Gasteiger partial charge in [-0.25, -0.2) is 10.3 Å². The molecule has 3 amide bonds. The van der Waals surface area contributed by atoms with Gasteiger partial charge in [0.1, 0.15) is 6.04 Å². The van der Waals surface area contributed by atoms with Gasteiger partial charge in [0.15, 0.2) is 0 Å². The summed E-state index contributed by atoms with van der Waals surface area (Å²) in [5.41, 5.74) is 7.68. The SMILES string of the molecule is C[C@@H](N)CONC(=O)C1CCC2CN1C(=O)N2OS(=O)(=O)O. The molecule has 3 atom stereocenters. The highest BCUT2D eigenvalue weighted by Gasteiger charge is 2.49. The van der Waals surface area contributed by atoms with Gasteiger partial charge in [-0.15, -0.1) is 4.28 Å². The van der Waals surface area contributed by atoms with Crippen molar-refractivity contribution in [1.29, 1.82) is 0 Å². The first-order valence-electron chi connectivity index (χ1n) is 6.63. The Balaban J connectivity index is 1.98. The zero-order valence-corrected chi connectivity index (χ0v) is 12.7. The molecule has 12 heteroatoms. The lowest BCUT2D eigenvalue weighted by atomic mass is 10.0. The topological polar surface area (TPSA) is 151 Å². The molecule has 0 aromatic rings. The second kappa shape index (κ2) is 6.34. The number of nitrogens with one attached hydrogen (secondary N) is 1. The molecule has 0 radical (unpaired) electrons. The van der Waals surface area contributed by atoms with Crippen molar-refractivity contribution in [3.8, 4) is 0 Å². The van der Waals surface area contributed by atoms with Crippen LogP contribution in [0, 0.1) is 0 Å². The molecule has 2 saturated heterocycles. The molecule has 2 fully saturated rings. The van der Waals surface area contributed by atoms with Crippen LogP contribution in [0.2, 0.25) is 0 Å². The van der Waals surface area contributed by atoms with Gasteiger partial charge in [0.25, 0.3) is 5.91 Å². The third kappa shape index (κ3) is 3.84. The van der Waals surface area contributed by atoms with Gasteiger partial charge >= 0.3 is 16.4 Å². The number of hydroxylamine groups is 3. The second-order valence-corrected chi connectivity index (χ2v) is 6.27. The Labute approximate surface area is 127 Å². The maximum atomic E-state index is 12.1. The fourth-order valence-electron chi connectivity index (χ4n) is 2.42. The van der Waals surface area contributed by atoms with Crippen molar-refractivity contribution in [2.75, 3.05) is 13.2 Å².